The Kier molecular flexibility index (Phi) is 4.96. The van der Waals surface area contributed by atoms with Gasteiger partial charge in [0.15, 0.2) is 0 Å². The van der Waals surface area contributed by atoms with E-state index in [1.165, 1.54) is 14.2 Å². The lowest BCUT2D eigenvalue weighted by molar-refractivity contribution is 0.0705. The molecular weight excluding hydrogens is 224 g/mol. The fraction of sp³-hybridized carbons (Fsp3) is 0.636. The minimum absolute atomic E-state index is 0.0967. The van der Waals surface area contributed by atoms with Crippen LogP contribution in [0.4, 0.5) is 0 Å². The van der Waals surface area contributed by atoms with Crippen molar-refractivity contribution in [1.29, 1.82) is 0 Å². The molecule has 1 atom stereocenters. The van der Waals surface area contributed by atoms with Crippen LogP contribution in [0, 0.1) is 5.92 Å². The topological polar surface area (TPSA) is 73.7 Å². The standard InChI is InChI=1S/C11H18N2O4/c1-7(2)8(6-14)17-11-12-9(15-3)5-10(13-11)16-4/h5,7-8,14H,6H2,1-4H3. The molecule has 0 aromatic carbocycles. The molecule has 0 fully saturated rings. The number of ether oxygens (including phenoxy) is 3. The molecule has 0 saturated heterocycles. The summed E-state index contributed by atoms with van der Waals surface area (Å²) in [5.74, 6) is 0.861. The molecule has 1 N–H and O–H groups in total. The van der Waals surface area contributed by atoms with Crippen LogP contribution in [0.3, 0.4) is 0 Å². The van der Waals surface area contributed by atoms with Crippen molar-refractivity contribution in [2.45, 2.75) is 20.0 Å². The second kappa shape index (κ2) is 6.24. The van der Waals surface area contributed by atoms with E-state index in [0.717, 1.165) is 0 Å². The van der Waals surface area contributed by atoms with E-state index in [4.69, 9.17) is 19.3 Å². The summed E-state index contributed by atoms with van der Waals surface area (Å²) in [6, 6.07) is 1.69. The first-order valence-corrected chi connectivity index (χ1v) is 5.35. The van der Waals surface area contributed by atoms with Crippen LogP contribution in [-0.4, -0.2) is 42.0 Å². The lowest BCUT2D eigenvalue weighted by Crippen LogP contribution is -2.28. The molecule has 0 spiro atoms. The molecule has 0 amide bonds. The Morgan fingerprint density at radius 2 is 1.71 bits per heavy atom. The van der Waals surface area contributed by atoms with Gasteiger partial charge in [0.25, 0.3) is 0 Å². The molecule has 0 radical (unpaired) electrons. The van der Waals surface area contributed by atoms with Crippen LogP contribution in [0.2, 0.25) is 0 Å². The summed E-state index contributed by atoms with van der Waals surface area (Å²) in [4.78, 5) is 8.05. The number of nitrogens with zero attached hydrogens (tertiary/aromatic N) is 2. The number of aliphatic hydroxyl groups is 1. The van der Waals surface area contributed by atoms with Gasteiger partial charge in [0.05, 0.1) is 26.9 Å². The summed E-state index contributed by atoms with van der Waals surface area (Å²) in [5.41, 5.74) is 0. The summed E-state index contributed by atoms with van der Waals surface area (Å²) in [7, 11) is 3.00. The highest BCUT2D eigenvalue weighted by Crippen LogP contribution is 2.20. The molecular formula is C11H18N2O4. The Morgan fingerprint density at radius 1 is 1.18 bits per heavy atom. The normalized spacial score (nSPS) is 12.4. The molecule has 0 aliphatic carbocycles. The molecule has 0 saturated carbocycles. The Morgan fingerprint density at radius 3 is 2.06 bits per heavy atom. The van der Waals surface area contributed by atoms with Crippen LogP contribution in [0.25, 0.3) is 0 Å². The first-order valence-electron chi connectivity index (χ1n) is 5.35. The van der Waals surface area contributed by atoms with Gasteiger partial charge in [-0.2, -0.15) is 9.97 Å². The smallest absolute Gasteiger partial charge is 0.323 e. The van der Waals surface area contributed by atoms with Crippen molar-refractivity contribution in [2.24, 2.45) is 5.92 Å². The molecule has 0 bridgehead atoms. The zero-order valence-electron chi connectivity index (χ0n) is 10.5. The zero-order chi connectivity index (χ0) is 12.8. The van der Waals surface area contributed by atoms with Crippen molar-refractivity contribution in [2.75, 3.05) is 20.8 Å². The summed E-state index contributed by atoms with van der Waals surface area (Å²) in [5, 5.41) is 9.17. The zero-order valence-corrected chi connectivity index (χ0v) is 10.5. The van der Waals surface area contributed by atoms with Gasteiger partial charge in [-0.05, 0) is 5.92 Å². The Balaban J connectivity index is 2.89. The molecule has 1 aromatic heterocycles. The maximum absolute atomic E-state index is 9.17. The van der Waals surface area contributed by atoms with E-state index < -0.39 is 0 Å². The maximum atomic E-state index is 9.17. The van der Waals surface area contributed by atoms with Crippen LogP contribution < -0.4 is 14.2 Å². The predicted molar refractivity (Wildman–Crippen MR) is 61.5 cm³/mol. The lowest BCUT2D eigenvalue weighted by atomic mass is 10.1. The molecule has 17 heavy (non-hydrogen) atoms. The van der Waals surface area contributed by atoms with Crippen LogP contribution in [0.15, 0.2) is 6.07 Å². The highest BCUT2D eigenvalue weighted by Gasteiger charge is 2.16. The quantitative estimate of drug-likeness (QED) is 0.798. The number of hydrogen-bond acceptors (Lipinski definition) is 6. The van der Waals surface area contributed by atoms with Crippen LogP contribution in [0.1, 0.15) is 13.8 Å². The van der Waals surface area contributed by atoms with E-state index >= 15 is 0 Å². The molecule has 6 heteroatoms. The summed E-state index contributed by atoms with van der Waals surface area (Å²) >= 11 is 0. The molecule has 6 nitrogen and oxygen atoms in total. The molecule has 1 aromatic rings. The second-order valence-electron chi connectivity index (χ2n) is 3.82. The minimum atomic E-state index is -0.355. The van der Waals surface area contributed by atoms with Gasteiger partial charge in [-0.15, -0.1) is 0 Å². The first-order chi connectivity index (χ1) is 8.10. The van der Waals surface area contributed by atoms with Gasteiger partial charge in [-0.3, -0.25) is 0 Å². The van der Waals surface area contributed by atoms with Crippen molar-refractivity contribution in [3.63, 3.8) is 0 Å². The van der Waals surface area contributed by atoms with Gasteiger partial charge in [0.2, 0.25) is 11.8 Å². The fourth-order valence-electron chi connectivity index (χ4n) is 1.17. The number of rotatable bonds is 6. The van der Waals surface area contributed by atoms with Crippen LogP contribution in [-0.2, 0) is 0 Å². The molecule has 0 aliphatic rings. The number of aliphatic hydroxyl groups excluding tert-OH is 1. The van der Waals surface area contributed by atoms with E-state index in [2.05, 4.69) is 9.97 Å². The van der Waals surface area contributed by atoms with Crippen molar-refractivity contribution >= 4 is 0 Å². The average molecular weight is 242 g/mol. The average Bonchev–Trinajstić information content (AvgIpc) is 2.34. The van der Waals surface area contributed by atoms with Crippen LogP contribution in [0.5, 0.6) is 17.8 Å². The maximum Gasteiger partial charge on any atom is 0.323 e. The van der Waals surface area contributed by atoms with E-state index in [9.17, 15) is 0 Å². The number of methoxy groups -OCH3 is 2. The molecule has 1 rings (SSSR count). The van der Waals surface area contributed by atoms with E-state index in [0.29, 0.717) is 11.8 Å². The minimum Gasteiger partial charge on any atom is -0.481 e. The molecule has 0 aliphatic heterocycles. The highest BCUT2D eigenvalue weighted by molar-refractivity contribution is 5.22. The van der Waals surface area contributed by atoms with Crippen molar-refractivity contribution in [3.05, 3.63) is 6.07 Å². The summed E-state index contributed by atoms with van der Waals surface area (Å²) in [6.45, 7) is 3.79. The van der Waals surface area contributed by atoms with Crippen LogP contribution >= 0.6 is 0 Å². The van der Waals surface area contributed by atoms with E-state index in [-0.39, 0.29) is 24.6 Å². The third kappa shape index (κ3) is 3.74. The number of hydrogen-bond donors (Lipinski definition) is 1. The van der Waals surface area contributed by atoms with Gasteiger partial charge in [0.1, 0.15) is 6.10 Å². The molecule has 96 valence electrons. The van der Waals surface area contributed by atoms with Gasteiger partial charge >= 0.3 is 6.01 Å². The fourth-order valence-corrected chi connectivity index (χ4v) is 1.17. The van der Waals surface area contributed by atoms with Gasteiger partial charge < -0.3 is 19.3 Å². The van der Waals surface area contributed by atoms with Crippen molar-refractivity contribution in [1.82, 2.24) is 9.97 Å². The Bertz CT molecular complexity index is 335. The predicted octanol–water partition coefficient (Wildman–Crippen LogP) is 0.889. The van der Waals surface area contributed by atoms with Gasteiger partial charge in [-0.25, -0.2) is 0 Å². The molecule has 1 unspecified atom stereocenters. The van der Waals surface area contributed by atoms with Gasteiger partial charge in [-0.1, -0.05) is 13.8 Å². The lowest BCUT2D eigenvalue weighted by Gasteiger charge is -2.19. The third-order valence-corrected chi connectivity index (χ3v) is 2.26. The monoisotopic (exact) mass is 242 g/mol. The van der Waals surface area contributed by atoms with Gasteiger partial charge in [0, 0.05) is 0 Å². The van der Waals surface area contributed by atoms with E-state index in [1.54, 1.807) is 6.07 Å². The van der Waals surface area contributed by atoms with Crippen molar-refractivity contribution < 1.29 is 19.3 Å². The number of aromatic nitrogens is 2. The van der Waals surface area contributed by atoms with E-state index in [1.807, 2.05) is 13.8 Å². The first kappa shape index (κ1) is 13.5. The Labute approximate surface area is 101 Å². The summed E-state index contributed by atoms with van der Waals surface area (Å²) in [6.07, 6.45) is -0.355. The largest absolute Gasteiger partial charge is 0.481 e. The second-order valence-corrected chi connectivity index (χ2v) is 3.82. The molecule has 1 heterocycles. The summed E-state index contributed by atoms with van der Waals surface area (Å²) < 4.78 is 15.5. The van der Waals surface area contributed by atoms with Crippen molar-refractivity contribution in [3.8, 4) is 17.8 Å². The SMILES string of the molecule is COc1cc(OC)nc(OC(CO)C(C)C)n1. The third-order valence-electron chi connectivity index (χ3n) is 2.26. The highest BCUT2D eigenvalue weighted by atomic mass is 16.5. The Hall–Kier alpha value is -1.56.